The monoisotopic (exact) mass is 495 g/mol. The van der Waals surface area contributed by atoms with E-state index in [1.165, 1.54) is 116 Å². The first kappa shape index (κ1) is 38.3. The Morgan fingerprint density at radius 2 is 0.667 bits per heavy atom. The Bertz CT molecular complexity index is 375. The van der Waals surface area contributed by atoms with Crippen molar-refractivity contribution in [3.63, 3.8) is 0 Å². The maximum Gasteiger partial charge on any atom is 1.00 e. The van der Waals surface area contributed by atoms with Crippen LogP contribution in [-0.4, -0.2) is 11.9 Å². The summed E-state index contributed by atoms with van der Waals surface area (Å²) in [5.74, 6) is -0.659. The Morgan fingerprint density at radius 1 is 0.455 bits per heavy atom. The molecule has 0 fully saturated rings. The van der Waals surface area contributed by atoms with Gasteiger partial charge in [-0.2, -0.15) is 0 Å². The molecule has 0 atom stereocenters. The van der Waals surface area contributed by atoms with Gasteiger partial charge >= 0.3 is 63.3 Å². The number of hydrogen-bond acceptors (Lipinski definition) is 4. The van der Waals surface area contributed by atoms with Crippen molar-refractivity contribution in [1.29, 1.82) is 0 Å². The molecular weight excluding hydrogens is 437 g/mol. The summed E-state index contributed by atoms with van der Waals surface area (Å²) in [6.45, 7) is 4.51. The van der Waals surface area contributed by atoms with Crippen molar-refractivity contribution >= 4 is 11.9 Å². The van der Waals surface area contributed by atoms with Crippen molar-refractivity contribution in [2.45, 2.75) is 168 Å². The van der Waals surface area contributed by atoms with Crippen molar-refractivity contribution in [3.8, 4) is 0 Å². The molecule has 5 heteroatoms. The van der Waals surface area contributed by atoms with Gasteiger partial charge in [0.05, 0.1) is 0 Å². The molecule has 4 nitrogen and oxygen atoms in total. The SMILES string of the molecule is CCCCCCCCCCCCCC(=O)OC(=O)CCCCCCCCCCCCC.N.[H-].[K+]. The van der Waals surface area contributed by atoms with E-state index in [4.69, 9.17) is 4.74 Å². The van der Waals surface area contributed by atoms with Crippen molar-refractivity contribution in [2.24, 2.45) is 0 Å². The van der Waals surface area contributed by atoms with Crippen LogP contribution in [0, 0.1) is 0 Å². The van der Waals surface area contributed by atoms with E-state index < -0.39 is 0 Å². The quantitative estimate of drug-likeness (QED) is 0.0696. The van der Waals surface area contributed by atoms with E-state index in [9.17, 15) is 9.59 Å². The Labute approximate surface area is 251 Å². The predicted molar refractivity (Wildman–Crippen MR) is 139 cm³/mol. The van der Waals surface area contributed by atoms with Crippen LogP contribution in [-0.2, 0) is 14.3 Å². The fourth-order valence-electron chi connectivity index (χ4n) is 4.10. The van der Waals surface area contributed by atoms with Crippen LogP contribution in [0.1, 0.15) is 169 Å². The third-order valence-electron chi connectivity index (χ3n) is 6.20. The van der Waals surface area contributed by atoms with Crippen LogP contribution < -0.4 is 57.5 Å². The van der Waals surface area contributed by atoms with Crippen LogP contribution in [0.2, 0.25) is 0 Å². The molecule has 0 aromatic carbocycles. The van der Waals surface area contributed by atoms with E-state index in [1.807, 2.05) is 0 Å². The average Bonchev–Trinajstić information content (AvgIpc) is 2.75. The topological polar surface area (TPSA) is 78.4 Å². The molecule has 33 heavy (non-hydrogen) atoms. The predicted octanol–water partition coefficient (Wildman–Crippen LogP) is 6.74. The second-order valence-electron chi connectivity index (χ2n) is 9.42. The molecule has 0 rings (SSSR count). The smallest absolute Gasteiger partial charge is 1.00 e. The minimum absolute atomic E-state index is 0. The normalized spacial score (nSPS) is 10.4. The molecule has 0 radical (unpaired) electrons. The second kappa shape index (κ2) is 32.7. The van der Waals surface area contributed by atoms with Gasteiger partial charge in [0.2, 0.25) is 0 Å². The van der Waals surface area contributed by atoms with Crippen LogP contribution >= 0.6 is 0 Å². The number of unbranched alkanes of at least 4 members (excludes halogenated alkanes) is 20. The number of esters is 2. The summed E-state index contributed by atoms with van der Waals surface area (Å²) in [6.07, 6.45) is 28.5. The molecule has 0 heterocycles. The molecule has 0 spiro atoms. The van der Waals surface area contributed by atoms with Gasteiger partial charge in [-0.3, -0.25) is 9.59 Å². The Morgan fingerprint density at radius 3 is 0.909 bits per heavy atom. The van der Waals surface area contributed by atoms with Gasteiger partial charge < -0.3 is 12.3 Å². The van der Waals surface area contributed by atoms with Crippen LogP contribution in [0.5, 0.6) is 0 Å². The fraction of sp³-hybridized carbons (Fsp3) is 0.929. The summed E-state index contributed by atoms with van der Waals surface area (Å²) >= 11 is 0. The van der Waals surface area contributed by atoms with E-state index >= 15 is 0 Å². The van der Waals surface area contributed by atoms with Crippen LogP contribution in [0.25, 0.3) is 0 Å². The Balaban J connectivity index is -0.00000150. The zero-order chi connectivity index (χ0) is 22.8. The van der Waals surface area contributed by atoms with E-state index in [2.05, 4.69) is 13.8 Å². The molecule has 0 bridgehead atoms. The molecule has 0 aliphatic heterocycles. The summed E-state index contributed by atoms with van der Waals surface area (Å²) in [6, 6.07) is 0. The molecule has 0 unspecified atom stereocenters. The molecular formula is C28H58KNO3. The minimum Gasteiger partial charge on any atom is -1.00 e. The van der Waals surface area contributed by atoms with Gasteiger partial charge in [-0.05, 0) is 12.8 Å². The van der Waals surface area contributed by atoms with E-state index in [0.717, 1.165) is 25.7 Å². The molecule has 0 saturated heterocycles. The maximum atomic E-state index is 11.8. The average molecular weight is 496 g/mol. The van der Waals surface area contributed by atoms with Gasteiger partial charge in [-0.25, -0.2) is 0 Å². The van der Waals surface area contributed by atoms with Crippen LogP contribution in [0.3, 0.4) is 0 Å². The van der Waals surface area contributed by atoms with Gasteiger partial charge in [-0.1, -0.05) is 142 Å². The molecule has 194 valence electrons. The zero-order valence-electron chi connectivity index (χ0n) is 23.9. The number of carbonyl (C=O) groups excluding carboxylic acids is 2. The number of ether oxygens (including phenoxy) is 1. The van der Waals surface area contributed by atoms with Crippen molar-refractivity contribution < 1.29 is 67.1 Å². The van der Waals surface area contributed by atoms with Crippen LogP contribution in [0.4, 0.5) is 0 Å². The molecule has 0 aromatic rings. The molecule has 0 amide bonds. The van der Waals surface area contributed by atoms with E-state index in [1.54, 1.807) is 0 Å². The standard InChI is InChI=1S/C28H54O3.K.H3N.H/c1-3-5-7-9-11-13-15-17-19-21-23-25-27(29)31-28(30)26-24-22-20-18-16-14-12-10-8-6-4-2;;;/h3-26H2,1-2H3;;1H3;/q;+1;;-1. The summed E-state index contributed by atoms with van der Waals surface area (Å²) in [5, 5.41) is 0. The zero-order valence-corrected chi connectivity index (χ0v) is 26.0. The summed E-state index contributed by atoms with van der Waals surface area (Å²) < 4.78 is 4.96. The molecule has 0 aliphatic carbocycles. The van der Waals surface area contributed by atoms with Crippen molar-refractivity contribution in [2.75, 3.05) is 0 Å². The van der Waals surface area contributed by atoms with Crippen molar-refractivity contribution in [1.82, 2.24) is 6.15 Å². The molecule has 3 N–H and O–H groups in total. The van der Waals surface area contributed by atoms with Gasteiger partial charge in [-0.15, -0.1) is 0 Å². The summed E-state index contributed by atoms with van der Waals surface area (Å²) in [4.78, 5) is 23.5. The Hall–Kier alpha value is 0.736. The number of rotatable bonds is 24. The third kappa shape index (κ3) is 32.7. The first-order valence-electron chi connectivity index (χ1n) is 13.9. The van der Waals surface area contributed by atoms with Gasteiger partial charge in [0.15, 0.2) is 0 Å². The largest absolute Gasteiger partial charge is 1.00 e. The second-order valence-corrected chi connectivity index (χ2v) is 9.42. The first-order chi connectivity index (χ1) is 15.2. The molecule has 0 aromatic heterocycles. The van der Waals surface area contributed by atoms with Crippen LogP contribution in [0.15, 0.2) is 0 Å². The summed E-state index contributed by atoms with van der Waals surface area (Å²) in [7, 11) is 0. The van der Waals surface area contributed by atoms with Gasteiger partial charge in [0.25, 0.3) is 0 Å². The van der Waals surface area contributed by atoms with E-state index in [-0.39, 0.29) is 70.9 Å². The molecule has 0 aliphatic rings. The fourth-order valence-corrected chi connectivity index (χ4v) is 4.10. The van der Waals surface area contributed by atoms with Gasteiger partial charge in [0.1, 0.15) is 0 Å². The Kier molecular flexibility index (Phi) is 38.0. The summed E-state index contributed by atoms with van der Waals surface area (Å²) in [5.41, 5.74) is 0. The minimum atomic E-state index is -0.330. The number of hydrogen-bond donors (Lipinski definition) is 1. The third-order valence-corrected chi connectivity index (χ3v) is 6.20. The number of carbonyl (C=O) groups is 2. The van der Waals surface area contributed by atoms with Gasteiger partial charge in [0, 0.05) is 12.8 Å². The molecule has 0 saturated carbocycles. The maximum absolute atomic E-state index is 11.8. The van der Waals surface area contributed by atoms with E-state index in [0.29, 0.717) is 12.8 Å². The van der Waals surface area contributed by atoms with Crippen molar-refractivity contribution in [3.05, 3.63) is 0 Å². The first-order valence-corrected chi connectivity index (χ1v) is 13.9.